The molecule has 1 radical (unpaired) electrons. The maximum Gasteiger partial charge on any atom is 0.221 e. The smallest absolute Gasteiger partial charge is 0.221 e. The van der Waals surface area contributed by atoms with Crippen molar-refractivity contribution in [1.82, 2.24) is 0 Å². The van der Waals surface area contributed by atoms with E-state index in [9.17, 15) is 9.59 Å². The number of unbranched alkanes of at least 4 members (excludes halogenated alkanes) is 1. The Balaban J connectivity index is 2.48. The fraction of sp³-hybridized carbons (Fsp3) is 0.333. The Kier molecular flexibility index (Phi) is 4.54. The molecule has 0 spiro atoms. The molecule has 1 N–H and O–H groups in total. The van der Waals surface area contributed by atoms with Gasteiger partial charge in [-0.1, -0.05) is 12.1 Å². The third kappa shape index (κ3) is 4.40. The molecule has 0 fully saturated rings. The van der Waals surface area contributed by atoms with Crippen LogP contribution in [0.3, 0.4) is 0 Å². The average molecular weight is 204 g/mol. The van der Waals surface area contributed by atoms with Crippen molar-refractivity contribution in [3.63, 3.8) is 0 Å². The first-order chi connectivity index (χ1) is 7.22. The van der Waals surface area contributed by atoms with Crippen molar-refractivity contribution in [1.29, 1.82) is 0 Å². The van der Waals surface area contributed by atoms with Crippen molar-refractivity contribution >= 4 is 17.9 Å². The van der Waals surface area contributed by atoms with Crippen LogP contribution in [-0.2, 0) is 16.0 Å². The van der Waals surface area contributed by atoms with Gasteiger partial charge in [-0.3, -0.25) is 9.59 Å². The van der Waals surface area contributed by atoms with E-state index in [0.717, 1.165) is 18.5 Å². The van der Waals surface area contributed by atoms with Crippen LogP contribution in [0.15, 0.2) is 24.3 Å². The molecule has 1 rings (SSSR count). The summed E-state index contributed by atoms with van der Waals surface area (Å²) in [6.07, 6.45) is 4.04. The van der Waals surface area contributed by atoms with Gasteiger partial charge in [-0.25, -0.2) is 0 Å². The topological polar surface area (TPSA) is 46.2 Å². The Morgan fingerprint density at radius 2 is 2.00 bits per heavy atom. The molecule has 0 aliphatic rings. The Hall–Kier alpha value is -1.64. The van der Waals surface area contributed by atoms with Crippen LogP contribution in [0.5, 0.6) is 0 Å². The van der Waals surface area contributed by atoms with Crippen LogP contribution in [-0.4, -0.2) is 12.2 Å². The van der Waals surface area contributed by atoms with E-state index in [1.165, 1.54) is 12.5 Å². The van der Waals surface area contributed by atoms with E-state index in [4.69, 9.17) is 0 Å². The lowest BCUT2D eigenvalue weighted by Gasteiger charge is -2.03. The maximum atomic E-state index is 10.8. The van der Waals surface area contributed by atoms with Gasteiger partial charge in [0.15, 0.2) is 6.29 Å². The van der Waals surface area contributed by atoms with E-state index in [1.54, 1.807) is 0 Å². The Morgan fingerprint density at radius 3 is 2.53 bits per heavy atom. The van der Waals surface area contributed by atoms with Gasteiger partial charge in [-0.05, 0) is 30.5 Å². The minimum absolute atomic E-state index is 0.0710. The maximum absolute atomic E-state index is 10.8. The van der Waals surface area contributed by atoms with Gasteiger partial charge in [0.2, 0.25) is 5.91 Å². The first kappa shape index (κ1) is 11.4. The van der Waals surface area contributed by atoms with E-state index < -0.39 is 0 Å². The second-order valence-electron chi connectivity index (χ2n) is 3.38. The first-order valence-corrected chi connectivity index (χ1v) is 4.94. The number of anilines is 1. The molecule has 0 saturated heterocycles. The van der Waals surface area contributed by atoms with Crippen LogP contribution in [0.25, 0.3) is 0 Å². The second kappa shape index (κ2) is 5.96. The van der Waals surface area contributed by atoms with Gasteiger partial charge in [0.1, 0.15) is 0 Å². The van der Waals surface area contributed by atoms with Crippen LogP contribution < -0.4 is 5.32 Å². The Morgan fingerprint density at radius 1 is 1.33 bits per heavy atom. The number of carbonyl (C=O) groups is 1. The first-order valence-electron chi connectivity index (χ1n) is 4.94. The molecule has 0 heterocycles. The van der Waals surface area contributed by atoms with Crippen LogP contribution in [0.1, 0.15) is 25.3 Å². The van der Waals surface area contributed by atoms with Gasteiger partial charge >= 0.3 is 0 Å². The number of aryl methyl sites for hydroxylation is 1. The summed E-state index contributed by atoms with van der Waals surface area (Å²) in [7, 11) is 0. The molecular weight excluding hydrogens is 190 g/mol. The van der Waals surface area contributed by atoms with Crippen LogP contribution in [0.4, 0.5) is 5.69 Å². The van der Waals surface area contributed by atoms with E-state index in [0.29, 0.717) is 6.42 Å². The molecule has 1 aromatic carbocycles. The molecule has 0 unspecified atom stereocenters. The lowest BCUT2D eigenvalue weighted by molar-refractivity contribution is -0.114. The Labute approximate surface area is 89.5 Å². The lowest BCUT2D eigenvalue weighted by Crippen LogP contribution is -2.05. The summed E-state index contributed by atoms with van der Waals surface area (Å²) in [4.78, 5) is 20.8. The van der Waals surface area contributed by atoms with E-state index >= 15 is 0 Å². The monoisotopic (exact) mass is 204 g/mol. The summed E-state index contributed by atoms with van der Waals surface area (Å²) in [6, 6.07) is 7.63. The SMILES string of the molecule is CC(=O)Nc1ccc(CCC[C]=O)cc1. The Bertz CT molecular complexity index is 330. The van der Waals surface area contributed by atoms with Gasteiger partial charge in [-0.15, -0.1) is 0 Å². The third-order valence-corrected chi connectivity index (χ3v) is 2.02. The van der Waals surface area contributed by atoms with Gasteiger partial charge in [-0.2, -0.15) is 0 Å². The van der Waals surface area contributed by atoms with Crippen molar-refractivity contribution in [3.05, 3.63) is 29.8 Å². The number of hydrogen-bond donors (Lipinski definition) is 1. The van der Waals surface area contributed by atoms with Gasteiger partial charge < -0.3 is 5.32 Å². The van der Waals surface area contributed by atoms with Crippen molar-refractivity contribution in [2.24, 2.45) is 0 Å². The highest BCUT2D eigenvalue weighted by molar-refractivity contribution is 5.88. The minimum Gasteiger partial charge on any atom is -0.326 e. The summed E-state index contributed by atoms with van der Waals surface area (Å²) in [6.45, 7) is 1.48. The standard InChI is InChI=1S/C12H14NO2/c1-10(15)13-12-7-5-11(6-8-12)4-2-3-9-14/h5-8H,2-4H2,1H3,(H,13,15). The van der Waals surface area contributed by atoms with Gasteiger partial charge in [0, 0.05) is 19.0 Å². The van der Waals surface area contributed by atoms with E-state index in [2.05, 4.69) is 5.32 Å². The van der Waals surface area contributed by atoms with E-state index in [1.807, 2.05) is 30.6 Å². The molecule has 0 aromatic heterocycles. The van der Waals surface area contributed by atoms with Crippen molar-refractivity contribution in [3.8, 4) is 0 Å². The predicted molar refractivity (Wildman–Crippen MR) is 59.4 cm³/mol. The molecular formula is C12H14NO2. The molecule has 3 nitrogen and oxygen atoms in total. The molecule has 0 bridgehead atoms. The van der Waals surface area contributed by atoms with Crippen molar-refractivity contribution in [2.45, 2.75) is 26.2 Å². The number of carbonyl (C=O) groups excluding carboxylic acids is 2. The van der Waals surface area contributed by atoms with Crippen molar-refractivity contribution in [2.75, 3.05) is 5.32 Å². The normalized spacial score (nSPS) is 9.67. The summed E-state index contributed by atoms with van der Waals surface area (Å²) < 4.78 is 0. The highest BCUT2D eigenvalue weighted by atomic mass is 16.1. The quantitative estimate of drug-likeness (QED) is 0.746. The van der Waals surface area contributed by atoms with Gasteiger partial charge in [0.25, 0.3) is 0 Å². The number of hydrogen-bond acceptors (Lipinski definition) is 2. The zero-order chi connectivity index (χ0) is 11.1. The molecule has 15 heavy (non-hydrogen) atoms. The summed E-state index contributed by atoms with van der Waals surface area (Å²) in [5.41, 5.74) is 1.97. The summed E-state index contributed by atoms with van der Waals surface area (Å²) in [5.74, 6) is -0.0710. The van der Waals surface area contributed by atoms with E-state index in [-0.39, 0.29) is 5.91 Å². The highest BCUT2D eigenvalue weighted by Gasteiger charge is 1.96. The summed E-state index contributed by atoms with van der Waals surface area (Å²) >= 11 is 0. The van der Waals surface area contributed by atoms with Crippen LogP contribution in [0.2, 0.25) is 0 Å². The predicted octanol–water partition coefficient (Wildman–Crippen LogP) is 2.08. The third-order valence-electron chi connectivity index (χ3n) is 2.02. The average Bonchev–Trinajstić information content (AvgIpc) is 2.20. The fourth-order valence-corrected chi connectivity index (χ4v) is 1.32. The molecule has 0 aliphatic heterocycles. The molecule has 0 atom stereocenters. The zero-order valence-electron chi connectivity index (χ0n) is 8.75. The number of benzene rings is 1. The molecule has 1 aromatic rings. The number of rotatable bonds is 5. The highest BCUT2D eigenvalue weighted by Crippen LogP contribution is 2.11. The zero-order valence-corrected chi connectivity index (χ0v) is 8.75. The molecule has 3 heteroatoms. The second-order valence-corrected chi connectivity index (χ2v) is 3.38. The number of nitrogens with one attached hydrogen (secondary N) is 1. The molecule has 1 amide bonds. The van der Waals surface area contributed by atoms with Gasteiger partial charge in [0.05, 0.1) is 0 Å². The molecule has 0 saturated carbocycles. The van der Waals surface area contributed by atoms with Crippen molar-refractivity contribution < 1.29 is 9.59 Å². The lowest BCUT2D eigenvalue weighted by atomic mass is 10.1. The molecule has 79 valence electrons. The van der Waals surface area contributed by atoms with Crippen LogP contribution >= 0.6 is 0 Å². The summed E-state index contributed by atoms with van der Waals surface area (Å²) in [5, 5.41) is 2.70. The minimum atomic E-state index is -0.0710. The van der Waals surface area contributed by atoms with Crippen LogP contribution in [0, 0.1) is 0 Å². The fourth-order valence-electron chi connectivity index (χ4n) is 1.32. The largest absolute Gasteiger partial charge is 0.326 e. The molecule has 0 aliphatic carbocycles. The number of amides is 1.